The number of hydrazone groups is 1. The molecule has 2 aromatic rings. The minimum atomic E-state index is -0.442. The molecule has 2 amide bonds. The van der Waals surface area contributed by atoms with E-state index in [-0.39, 0.29) is 18.0 Å². The summed E-state index contributed by atoms with van der Waals surface area (Å²) in [6.45, 7) is 1.64. The molecule has 0 spiro atoms. The topological polar surface area (TPSA) is 102 Å². The van der Waals surface area contributed by atoms with Crippen LogP contribution in [0.5, 0.6) is 11.5 Å². The lowest BCUT2D eigenvalue weighted by Gasteiger charge is -2.11. The maximum Gasteiger partial charge on any atom is 0.289 e. The van der Waals surface area contributed by atoms with Crippen molar-refractivity contribution in [3.05, 3.63) is 48.3 Å². The number of aromatic nitrogens is 1. The van der Waals surface area contributed by atoms with E-state index in [1.54, 1.807) is 50.4 Å². The van der Waals surface area contributed by atoms with Gasteiger partial charge < -0.3 is 14.8 Å². The van der Waals surface area contributed by atoms with Crippen LogP contribution in [0.25, 0.3) is 0 Å². The molecule has 0 radical (unpaired) electrons. The van der Waals surface area contributed by atoms with Gasteiger partial charge in [0.1, 0.15) is 17.2 Å². The van der Waals surface area contributed by atoms with Gasteiger partial charge in [-0.05, 0) is 31.2 Å². The number of rotatable bonds is 7. The van der Waals surface area contributed by atoms with Crippen LogP contribution >= 0.6 is 0 Å². The second kappa shape index (κ2) is 9.16. The first-order valence-corrected chi connectivity index (χ1v) is 7.80. The molecule has 0 fully saturated rings. The van der Waals surface area contributed by atoms with E-state index in [1.165, 1.54) is 13.3 Å². The van der Waals surface area contributed by atoms with Crippen LogP contribution < -0.4 is 20.2 Å². The molecule has 0 aliphatic carbocycles. The summed E-state index contributed by atoms with van der Waals surface area (Å²) in [5.41, 5.74) is 3.58. The Morgan fingerprint density at radius 2 is 1.96 bits per heavy atom. The second-order valence-corrected chi connectivity index (χ2v) is 5.29. The van der Waals surface area contributed by atoms with Gasteiger partial charge in [0.25, 0.3) is 5.91 Å². The molecule has 8 heteroatoms. The van der Waals surface area contributed by atoms with Gasteiger partial charge in [0.15, 0.2) is 0 Å². The van der Waals surface area contributed by atoms with E-state index in [2.05, 4.69) is 20.8 Å². The first-order chi connectivity index (χ1) is 12.5. The Kier molecular flexibility index (Phi) is 6.67. The number of nitrogens with one attached hydrogen (secondary N) is 2. The molecule has 0 aliphatic rings. The highest BCUT2D eigenvalue weighted by atomic mass is 16.5. The lowest BCUT2D eigenvalue weighted by atomic mass is 10.2. The van der Waals surface area contributed by atoms with Crippen molar-refractivity contribution in [3.8, 4) is 11.5 Å². The van der Waals surface area contributed by atoms with Crippen molar-refractivity contribution in [2.24, 2.45) is 5.10 Å². The summed E-state index contributed by atoms with van der Waals surface area (Å²) < 4.78 is 10.3. The number of pyridine rings is 1. The van der Waals surface area contributed by atoms with Gasteiger partial charge in [-0.15, -0.1) is 0 Å². The highest BCUT2D eigenvalue weighted by Gasteiger charge is 2.11. The highest BCUT2D eigenvalue weighted by molar-refractivity contribution is 6.06. The number of amides is 2. The first kappa shape index (κ1) is 18.9. The normalized spacial score (nSPS) is 10.8. The number of hydrogen-bond acceptors (Lipinski definition) is 6. The first-order valence-electron chi connectivity index (χ1n) is 7.80. The van der Waals surface area contributed by atoms with Crippen LogP contribution in [0.15, 0.2) is 47.7 Å². The third-order valence-electron chi connectivity index (χ3n) is 3.35. The van der Waals surface area contributed by atoms with E-state index in [9.17, 15) is 9.59 Å². The maximum absolute atomic E-state index is 12.2. The van der Waals surface area contributed by atoms with Crippen LogP contribution in [0, 0.1) is 0 Å². The lowest BCUT2D eigenvalue weighted by Crippen LogP contribution is -2.22. The summed E-state index contributed by atoms with van der Waals surface area (Å²) in [7, 11) is 3.05. The standard InChI is InChI=1S/C18H20N4O4/c1-12(21-22-18(24)15-6-4-5-9-19-15)10-17(23)20-14-8-7-13(25-2)11-16(14)26-3/h4-9,11H,10H2,1-3H3,(H,20,23)(H,22,24). The van der Waals surface area contributed by atoms with Gasteiger partial charge in [-0.1, -0.05) is 6.07 Å². The molecule has 0 saturated carbocycles. The monoisotopic (exact) mass is 356 g/mol. The molecule has 26 heavy (non-hydrogen) atoms. The average molecular weight is 356 g/mol. The Bertz CT molecular complexity index is 806. The summed E-state index contributed by atoms with van der Waals surface area (Å²) in [5.74, 6) is 0.370. The number of carbonyl (C=O) groups is 2. The summed E-state index contributed by atoms with van der Waals surface area (Å²) in [6.07, 6.45) is 1.53. The number of methoxy groups -OCH3 is 2. The fourth-order valence-electron chi connectivity index (χ4n) is 2.07. The van der Waals surface area contributed by atoms with Gasteiger partial charge in [-0.3, -0.25) is 14.6 Å². The van der Waals surface area contributed by atoms with Crippen LogP contribution in [0.1, 0.15) is 23.8 Å². The van der Waals surface area contributed by atoms with Crippen molar-refractivity contribution >= 4 is 23.2 Å². The van der Waals surface area contributed by atoms with Gasteiger partial charge in [0.05, 0.1) is 26.3 Å². The van der Waals surface area contributed by atoms with E-state index in [0.29, 0.717) is 22.9 Å². The molecule has 136 valence electrons. The number of ether oxygens (including phenoxy) is 2. The van der Waals surface area contributed by atoms with Crippen LogP contribution in [-0.4, -0.2) is 36.7 Å². The lowest BCUT2D eigenvalue weighted by molar-refractivity contribution is -0.115. The van der Waals surface area contributed by atoms with Crippen LogP contribution in [0.3, 0.4) is 0 Å². The van der Waals surface area contributed by atoms with Gasteiger partial charge in [-0.2, -0.15) is 5.10 Å². The minimum Gasteiger partial charge on any atom is -0.497 e. The molecule has 0 unspecified atom stereocenters. The van der Waals surface area contributed by atoms with Crippen molar-refractivity contribution in [2.75, 3.05) is 19.5 Å². The van der Waals surface area contributed by atoms with E-state index in [4.69, 9.17) is 9.47 Å². The predicted molar refractivity (Wildman–Crippen MR) is 97.6 cm³/mol. The fraction of sp³-hybridized carbons (Fsp3) is 0.222. The van der Waals surface area contributed by atoms with E-state index >= 15 is 0 Å². The molecule has 1 aromatic carbocycles. The molecular weight excluding hydrogens is 336 g/mol. The molecule has 0 aliphatic heterocycles. The average Bonchev–Trinajstić information content (AvgIpc) is 2.67. The highest BCUT2D eigenvalue weighted by Crippen LogP contribution is 2.29. The molecule has 0 atom stereocenters. The molecule has 2 rings (SSSR count). The zero-order chi connectivity index (χ0) is 18.9. The third kappa shape index (κ3) is 5.30. The summed E-state index contributed by atoms with van der Waals surface area (Å²) in [6, 6.07) is 10.1. The van der Waals surface area contributed by atoms with Crippen LogP contribution in [0.2, 0.25) is 0 Å². The smallest absolute Gasteiger partial charge is 0.289 e. The molecule has 0 bridgehead atoms. The second-order valence-electron chi connectivity index (χ2n) is 5.29. The molecule has 0 saturated heterocycles. The van der Waals surface area contributed by atoms with Gasteiger partial charge >= 0.3 is 0 Å². The number of anilines is 1. The SMILES string of the molecule is COc1ccc(NC(=O)CC(C)=NNC(=O)c2ccccn2)c(OC)c1. The predicted octanol–water partition coefficient (Wildman–Crippen LogP) is 2.23. The maximum atomic E-state index is 12.2. The van der Waals surface area contributed by atoms with E-state index in [0.717, 1.165) is 0 Å². The Hall–Kier alpha value is -3.42. The largest absolute Gasteiger partial charge is 0.497 e. The number of benzene rings is 1. The molecular formula is C18H20N4O4. The summed E-state index contributed by atoms with van der Waals surface area (Å²) in [4.78, 5) is 27.9. The van der Waals surface area contributed by atoms with Crippen molar-refractivity contribution in [1.82, 2.24) is 10.4 Å². The summed E-state index contributed by atoms with van der Waals surface area (Å²) >= 11 is 0. The van der Waals surface area contributed by atoms with Crippen molar-refractivity contribution in [1.29, 1.82) is 0 Å². The summed E-state index contributed by atoms with van der Waals surface area (Å²) in [5, 5.41) is 6.65. The number of nitrogens with zero attached hydrogens (tertiary/aromatic N) is 2. The Morgan fingerprint density at radius 1 is 1.15 bits per heavy atom. The Labute approximate surface area is 151 Å². The molecule has 8 nitrogen and oxygen atoms in total. The fourth-order valence-corrected chi connectivity index (χ4v) is 2.07. The zero-order valence-corrected chi connectivity index (χ0v) is 14.8. The zero-order valence-electron chi connectivity index (χ0n) is 14.8. The van der Waals surface area contributed by atoms with E-state index < -0.39 is 5.91 Å². The molecule has 2 N–H and O–H groups in total. The van der Waals surface area contributed by atoms with Crippen LogP contribution in [-0.2, 0) is 4.79 Å². The van der Waals surface area contributed by atoms with Crippen molar-refractivity contribution in [3.63, 3.8) is 0 Å². The Balaban J connectivity index is 1.93. The van der Waals surface area contributed by atoms with Crippen LogP contribution in [0.4, 0.5) is 5.69 Å². The van der Waals surface area contributed by atoms with E-state index in [1.807, 2.05) is 0 Å². The van der Waals surface area contributed by atoms with Crippen molar-refractivity contribution < 1.29 is 19.1 Å². The third-order valence-corrected chi connectivity index (χ3v) is 3.35. The quantitative estimate of drug-likeness (QED) is 0.585. The Morgan fingerprint density at radius 3 is 2.62 bits per heavy atom. The van der Waals surface area contributed by atoms with Gasteiger partial charge in [0.2, 0.25) is 5.91 Å². The van der Waals surface area contributed by atoms with Gasteiger partial charge in [-0.25, -0.2) is 5.43 Å². The molecule has 1 heterocycles. The minimum absolute atomic E-state index is 0.0116. The van der Waals surface area contributed by atoms with Gasteiger partial charge in [0, 0.05) is 18.0 Å². The number of carbonyl (C=O) groups excluding carboxylic acids is 2. The number of hydrogen-bond donors (Lipinski definition) is 2. The van der Waals surface area contributed by atoms with Crippen molar-refractivity contribution in [2.45, 2.75) is 13.3 Å². The molecule has 1 aromatic heterocycles.